The van der Waals surface area contributed by atoms with E-state index in [1.54, 1.807) is 0 Å². The van der Waals surface area contributed by atoms with Gasteiger partial charge in [0.05, 0.1) is 33.1 Å². The van der Waals surface area contributed by atoms with Crippen molar-refractivity contribution < 1.29 is 27.4 Å². The number of methoxy groups -OCH3 is 3. The lowest BCUT2D eigenvalue weighted by atomic mass is 10.3. The molecule has 14 heteroatoms. The van der Waals surface area contributed by atoms with Crippen molar-refractivity contribution >= 4 is 39.3 Å². The van der Waals surface area contributed by atoms with E-state index < -0.39 is 21.0 Å². The largest absolute Gasteiger partial charge is 0.481 e. The van der Waals surface area contributed by atoms with Crippen LogP contribution >= 0.6 is 12.2 Å². The minimum atomic E-state index is -4.28. The molecule has 0 amide bonds. The summed E-state index contributed by atoms with van der Waals surface area (Å²) in [5.41, 5.74) is -0.00549. The molecule has 2 N–H and O–H groups in total. The van der Waals surface area contributed by atoms with Crippen LogP contribution < -0.4 is 19.5 Å². The second-order valence-electron chi connectivity index (χ2n) is 5.22. The van der Waals surface area contributed by atoms with Gasteiger partial charge in [0.15, 0.2) is 10.1 Å². The first-order chi connectivity index (χ1) is 13.1. The Hall–Kier alpha value is -3.00. The summed E-state index contributed by atoms with van der Waals surface area (Å²) >= 11 is 5.02. The molecule has 0 saturated carbocycles. The van der Waals surface area contributed by atoms with E-state index in [-0.39, 0.29) is 34.1 Å². The molecule has 0 aliphatic heterocycles. The van der Waals surface area contributed by atoms with E-state index in [0.717, 1.165) is 11.8 Å². The number of sulfonamides is 1. The number of ether oxygens (including phenoxy) is 3. The zero-order valence-electron chi connectivity index (χ0n) is 15.6. The molecule has 0 atom stereocenters. The van der Waals surface area contributed by atoms with Gasteiger partial charge in [0, 0.05) is 7.05 Å². The number of nitrogens with one attached hydrogen (secondary N) is 2. The van der Waals surface area contributed by atoms with Crippen molar-refractivity contribution in [1.29, 1.82) is 0 Å². The van der Waals surface area contributed by atoms with Gasteiger partial charge in [-0.15, -0.1) is 0 Å². The fourth-order valence-electron chi connectivity index (χ4n) is 2.25. The summed E-state index contributed by atoms with van der Waals surface area (Å²) in [7, 11) is 1.02. The smallest absolute Gasteiger partial charge is 0.342 e. The maximum absolute atomic E-state index is 12.8. The van der Waals surface area contributed by atoms with Gasteiger partial charge in [-0.25, -0.2) is 4.79 Å². The fourth-order valence-corrected chi connectivity index (χ4v) is 3.95. The molecule has 0 fully saturated rings. The van der Waals surface area contributed by atoms with Crippen LogP contribution in [0.25, 0.3) is 0 Å². The lowest BCUT2D eigenvalue weighted by molar-refractivity contribution is 0.0595. The summed E-state index contributed by atoms with van der Waals surface area (Å²) in [6.45, 7) is 1.48. The van der Waals surface area contributed by atoms with Gasteiger partial charge in [0.1, 0.15) is 5.56 Å². The van der Waals surface area contributed by atoms with Crippen LogP contribution in [-0.4, -0.2) is 60.6 Å². The molecule has 28 heavy (non-hydrogen) atoms. The first kappa shape index (κ1) is 21.3. The third-order valence-corrected chi connectivity index (χ3v) is 5.15. The second-order valence-corrected chi connectivity index (χ2v) is 7.22. The highest BCUT2D eigenvalue weighted by Gasteiger charge is 2.31. The summed E-state index contributed by atoms with van der Waals surface area (Å²) in [6, 6.07) is 1.43. The molecule has 2 aromatic rings. The number of nitrogens with zero attached hydrogens (tertiary/aromatic N) is 4. The molecule has 0 unspecified atom stereocenters. The zero-order valence-corrected chi connectivity index (χ0v) is 17.3. The summed E-state index contributed by atoms with van der Waals surface area (Å²) in [5, 5.41) is 5.74. The van der Waals surface area contributed by atoms with Crippen molar-refractivity contribution in [3.05, 3.63) is 17.3 Å². The number of hydrogen-bond acceptors (Lipinski definition) is 10. The van der Waals surface area contributed by atoms with Crippen molar-refractivity contribution in [2.45, 2.75) is 11.9 Å². The van der Waals surface area contributed by atoms with Gasteiger partial charge < -0.3 is 19.5 Å². The van der Waals surface area contributed by atoms with Gasteiger partial charge in [-0.2, -0.15) is 23.5 Å². The van der Waals surface area contributed by atoms with Crippen LogP contribution in [0.15, 0.2) is 11.1 Å². The molecule has 2 heterocycles. The molecule has 0 spiro atoms. The van der Waals surface area contributed by atoms with Crippen molar-refractivity contribution in [3.8, 4) is 11.8 Å². The zero-order chi connectivity index (χ0) is 21.1. The quantitative estimate of drug-likeness (QED) is 0.471. The summed E-state index contributed by atoms with van der Waals surface area (Å²) in [4.78, 5) is 19.9. The molecule has 2 rings (SSSR count). The van der Waals surface area contributed by atoms with Gasteiger partial charge in [0.2, 0.25) is 17.7 Å². The number of aryl methyl sites for hydroxylation is 2. The Labute approximate surface area is 166 Å². The third-order valence-electron chi connectivity index (χ3n) is 3.36. The van der Waals surface area contributed by atoms with Crippen LogP contribution in [0.5, 0.6) is 11.8 Å². The highest BCUT2D eigenvalue weighted by Crippen LogP contribution is 2.20. The van der Waals surface area contributed by atoms with Crippen molar-refractivity contribution in [2.24, 2.45) is 7.05 Å². The fraction of sp³-hybridized carbons (Fsp3) is 0.357. The minimum absolute atomic E-state index is 0.0571. The van der Waals surface area contributed by atoms with Crippen LogP contribution in [0, 0.1) is 6.92 Å². The van der Waals surface area contributed by atoms with E-state index in [1.807, 2.05) is 0 Å². The van der Waals surface area contributed by atoms with E-state index >= 15 is 0 Å². The van der Waals surface area contributed by atoms with E-state index in [4.69, 9.17) is 21.7 Å². The lowest BCUT2D eigenvalue weighted by Gasteiger charge is -2.12. The molecule has 152 valence electrons. The van der Waals surface area contributed by atoms with Crippen molar-refractivity contribution in [2.75, 3.05) is 26.6 Å². The van der Waals surface area contributed by atoms with Crippen LogP contribution in [0.4, 0.5) is 5.95 Å². The summed E-state index contributed by atoms with van der Waals surface area (Å²) in [5.74, 6) is -0.547. The number of carbonyl (C=O) groups is 1. The monoisotopic (exact) mass is 430 g/mol. The predicted molar refractivity (Wildman–Crippen MR) is 101 cm³/mol. The molecule has 0 aliphatic rings. The topological polar surface area (TPSA) is 147 Å². The van der Waals surface area contributed by atoms with Gasteiger partial charge in [-0.3, -0.25) is 9.40 Å². The molecule has 0 aromatic carbocycles. The molecular formula is C14H18N6O6S2. The second kappa shape index (κ2) is 8.35. The SMILES string of the molecule is COC(=O)c1c(C)nn(C)c1S(=O)(=O)NC(=S)Nc1nc(OC)cc(OC)n1. The van der Waals surface area contributed by atoms with Crippen LogP contribution in [0.1, 0.15) is 16.1 Å². The molecule has 0 saturated heterocycles. The molecule has 0 bridgehead atoms. The minimum Gasteiger partial charge on any atom is -0.481 e. The third kappa shape index (κ3) is 4.45. The number of esters is 1. The Morgan fingerprint density at radius 1 is 1.18 bits per heavy atom. The van der Waals surface area contributed by atoms with Gasteiger partial charge in [0.25, 0.3) is 10.0 Å². The Bertz CT molecular complexity index is 997. The number of anilines is 1. The molecule has 12 nitrogen and oxygen atoms in total. The van der Waals surface area contributed by atoms with Crippen LogP contribution in [0.3, 0.4) is 0 Å². The number of thiocarbonyl (C=S) groups is 1. The van der Waals surface area contributed by atoms with E-state index in [2.05, 4.69) is 29.8 Å². The Balaban J connectivity index is 2.31. The van der Waals surface area contributed by atoms with Crippen LogP contribution in [0.2, 0.25) is 0 Å². The highest BCUT2D eigenvalue weighted by atomic mass is 32.2. The Morgan fingerprint density at radius 2 is 1.75 bits per heavy atom. The first-order valence-corrected chi connectivity index (χ1v) is 9.44. The summed E-state index contributed by atoms with van der Waals surface area (Å²) in [6.07, 6.45) is 0. The van der Waals surface area contributed by atoms with E-state index in [1.165, 1.54) is 34.3 Å². The van der Waals surface area contributed by atoms with Crippen molar-refractivity contribution in [1.82, 2.24) is 24.5 Å². The molecule has 0 aliphatic carbocycles. The van der Waals surface area contributed by atoms with Gasteiger partial charge in [-0.05, 0) is 19.1 Å². The number of aromatic nitrogens is 4. The normalized spacial score (nSPS) is 10.9. The number of hydrogen-bond donors (Lipinski definition) is 2. The lowest BCUT2D eigenvalue weighted by Crippen LogP contribution is -2.36. The van der Waals surface area contributed by atoms with E-state index in [0.29, 0.717) is 0 Å². The average Bonchev–Trinajstić information content (AvgIpc) is 2.94. The van der Waals surface area contributed by atoms with Crippen molar-refractivity contribution in [3.63, 3.8) is 0 Å². The Morgan fingerprint density at radius 3 is 2.25 bits per heavy atom. The van der Waals surface area contributed by atoms with Gasteiger partial charge >= 0.3 is 5.97 Å². The molecule has 2 aromatic heterocycles. The van der Waals surface area contributed by atoms with E-state index in [9.17, 15) is 13.2 Å². The maximum atomic E-state index is 12.8. The van der Waals surface area contributed by atoms with Crippen LogP contribution in [-0.2, 0) is 21.8 Å². The predicted octanol–water partition coefficient (Wildman–Crippen LogP) is -0.00238. The highest BCUT2D eigenvalue weighted by molar-refractivity contribution is 7.92. The first-order valence-electron chi connectivity index (χ1n) is 7.55. The van der Waals surface area contributed by atoms with Gasteiger partial charge in [-0.1, -0.05) is 0 Å². The standard InChI is InChI=1S/C14H18N6O6S2/c1-7-10(12(21)26-5)11(20(2)18-7)28(22,23)19-14(27)17-13-15-8(24-3)6-9(16-13)25-4/h6H,1-5H3,(H2,15,16,17,19,27). The Kier molecular flexibility index (Phi) is 6.35. The number of carbonyl (C=O) groups excluding carboxylic acids is 1. The maximum Gasteiger partial charge on any atom is 0.342 e. The molecule has 0 radical (unpaired) electrons. The summed E-state index contributed by atoms with van der Waals surface area (Å²) < 4.78 is 43.3. The average molecular weight is 430 g/mol. The molecular weight excluding hydrogens is 412 g/mol. The number of rotatable bonds is 6.